The lowest BCUT2D eigenvalue weighted by Crippen LogP contribution is -2.31. The van der Waals surface area contributed by atoms with Gasteiger partial charge in [0.05, 0.1) is 7.11 Å². The number of ether oxygens (including phenoxy) is 4. The quantitative estimate of drug-likeness (QED) is 0.697. The van der Waals surface area contributed by atoms with Crippen molar-refractivity contribution in [1.82, 2.24) is 4.90 Å². The largest absolute Gasteiger partial charge is 0.493 e. The van der Waals surface area contributed by atoms with Gasteiger partial charge in [0, 0.05) is 19.2 Å². The van der Waals surface area contributed by atoms with Crippen molar-refractivity contribution < 1.29 is 28.5 Å². The van der Waals surface area contributed by atoms with E-state index in [2.05, 4.69) is 0 Å². The highest BCUT2D eigenvalue weighted by Crippen LogP contribution is 2.33. The van der Waals surface area contributed by atoms with Gasteiger partial charge in [-0.05, 0) is 42.8 Å². The first-order valence-corrected chi connectivity index (χ1v) is 8.42. The van der Waals surface area contributed by atoms with Crippen LogP contribution < -0.4 is 18.9 Å². The van der Waals surface area contributed by atoms with Crippen LogP contribution in [0.15, 0.2) is 36.4 Å². The van der Waals surface area contributed by atoms with Crippen LogP contribution in [-0.4, -0.2) is 44.1 Å². The number of fused-ring (bicyclic) bond motifs is 1. The number of likely N-dealkylation sites (N-methyl/N-ethyl adjacent to an activating group) is 1. The van der Waals surface area contributed by atoms with Crippen molar-refractivity contribution in [3.05, 3.63) is 47.5 Å². The van der Waals surface area contributed by atoms with E-state index in [1.54, 1.807) is 30.1 Å². The Morgan fingerprint density at radius 2 is 1.85 bits per heavy atom. The fourth-order valence-electron chi connectivity index (χ4n) is 2.66. The number of amides is 1. The molecule has 0 unspecified atom stereocenters. The summed E-state index contributed by atoms with van der Waals surface area (Å²) in [7, 11) is 3.19. The number of ketones is 1. The third kappa shape index (κ3) is 4.31. The molecule has 0 atom stereocenters. The first-order chi connectivity index (χ1) is 13.0. The molecule has 0 aliphatic carbocycles. The number of hydrogen-bond donors (Lipinski definition) is 0. The first-order valence-electron chi connectivity index (χ1n) is 8.42. The summed E-state index contributed by atoms with van der Waals surface area (Å²) in [6.45, 7) is 1.96. The van der Waals surface area contributed by atoms with Crippen molar-refractivity contribution in [1.29, 1.82) is 0 Å². The van der Waals surface area contributed by atoms with Gasteiger partial charge in [0.2, 0.25) is 6.79 Å². The van der Waals surface area contributed by atoms with Crippen LogP contribution in [0, 0.1) is 0 Å². The third-order valence-electron chi connectivity index (χ3n) is 4.20. The second-order valence-electron chi connectivity index (χ2n) is 6.15. The van der Waals surface area contributed by atoms with Gasteiger partial charge >= 0.3 is 0 Å². The summed E-state index contributed by atoms with van der Waals surface area (Å²) in [4.78, 5) is 25.4. The van der Waals surface area contributed by atoms with Crippen molar-refractivity contribution >= 4 is 11.7 Å². The summed E-state index contributed by atoms with van der Waals surface area (Å²) >= 11 is 0. The summed E-state index contributed by atoms with van der Waals surface area (Å²) in [5.41, 5.74) is 1.45. The Kier molecular flexibility index (Phi) is 5.49. The number of hydrogen-bond acceptors (Lipinski definition) is 6. The van der Waals surface area contributed by atoms with Crippen molar-refractivity contribution in [3.63, 3.8) is 0 Å². The minimum atomic E-state index is -0.189. The Bertz CT molecular complexity index is 864. The molecule has 2 aromatic carbocycles. The van der Waals surface area contributed by atoms with Gasteiger partial charge in [-0.3, -0.25) is 9.59 Å². The van der Waals surface area contributed by atoms with Crippen LogP contribution in [0.25, 0.3) is 0 Å². The van der Waals surface area contributed by atoms with E-state index in [4.69, 9.17) is 18.9 Å². The van der Waals surface area contributed by atoms with E-state index < -0.39 is 0 Å². The van der Waals surface area contributed by atoms with Crippen LogP contribution in [0.3, 0.4) is 0 Å². The highest BCUT2D eigenvalue weighted by molar-refractivity contribution is 5.94. The van der Waals surface area contributed by atoms with Gasteiger partial charge in [0.15, 0.2) is 35.4 Å². The van der Waals surface area contributed by atoms with Crippen molar-refractivity contribution in [3.8, 4) is 23.0 Å². The molecule has 0 N–H and O–H groups in total. The number of nitrogens with zero attached hydrogens (tertiary/aromatic N) is 1. The highest BCUT2D eigenvalue weighted by atomic mass is 16.7. The van der Waals surface area contributed by atoms with E-state index in [0.717, 1.165) is 5.56 Å². The predicted molar refractivity (Wildman–Crippen MR) is 97.5 cm³/mol. The van der Waals surface area contributed by atoms with Crippen molar-refractivity contribution in [2.75, 3.05) is 27.6 Å². The maximum absolute atomic E-state index is 12.4. The second-order valence-corrected chi connectivity index (χ2v) is 6.15. The number of carbonyl (C=O) groups is 2. The second kappa shape index (κ2) is 7.99. The topological polar surface area (TPSA) is 74.3 Å². The maximum Gasteiger partial charge on any atom is 0.260 e. The zero-order valence-electron chi connectivity index (χ0n) is 15.5. The van der Waals surface area contributed by atoms with Crippen LogP contribution in [0.5, 0.6) is 23.0 Å². The molecule has 0 saturated carbocycles. The summed E-state index contributed by atoms with van der Waals surface area (Å²) in [5, 5.41) is 0. The van der Waals surface area contributed by atoms with Crippen LogP contribution in [0.1, 0.15) is 22.8 Å². The van der Waals surface area contributed by atoms with Crippen LogP contribution in [0.4, 0.5) is 0 Å². The molecule has 0 bridgehead atoms. The third-order valence-corrected chi connectivity index (χ3v) is 4.20. The smallest absolute Gasteiger partial charge is 0.260 e. The van der Waals surface area contributed by atoms with Gasteiger partial charge in [-0.15, -0.1) is 0 Å². The molecule has 3 rings (SSSR count). The Labute approximate surface area is 157 Å². The monoisotopic (exact) mass is 371 g/mol. The fourth-order valence-corrected chi connectivity index (χ4v) is 2.66. The number of rotatable bonds is 7. The molecule has 7 nitrogen and oxygen atoms in total. The standard InChI is InChI=1S/C20H21NO6/c1-13(22)15-5-7-16(18(9-15)24-3)25-11-20(23)21(2)10-14-4-6-17-19(8-14)27-12-26-17/h4-9H,10-12H2,1-3H3. The molecule has 0 aromatic heterocycles. The SMILES string of the molecule is COc1cc(C(C)=O)ccc1OCC(=O)N(C)Cc1ccc2c(c1)OCO2. The van der Waals surface area contributed by atoms with Crippen LogP contribution >= 0.6 is 0 Å². The molecule has 1 amide bonds. The van der Waals surface area contributed by atoms with Gasteiger partial charge < -0.3 is 23.8 Å². The predicted octanol–water partition coefficient (Wildman–Crippen LogP) is 2.66. The Morgan fingerprint density at radius 1 is 1.07 bits per heavy atom. The first kappa shape index (κ1) is 18.6. The highest BCUT2D eigenvalue weighted by Gasteiger charge is 2.16. The molecule has 1 aliphatic heterocycles. The minimum absolute atomic E-state index is 0.0700. The van der Waals surface area contributed by atoms with E-state index in [1.807, 2.05) is 18.2 Å². The van der Waals surface area contributed by atoms with E-state index in [9.17, 15) is 9.59 Å². The zero-order chi connectivity index (χ0) is 19.4. The van der Waals surface area contributed by atoms with Crippen LogP contribution in [0.2, 0.25) is 0 Å². The molecule has 7 heteroatoms. The lowest BCUT2D eigenvalue weighted by Gasteiger charge is -2.18. The molecular weight excluding hydrogens is 350 g/mol. The Morgan fingerprint density at radius 3 is 2.59 bits per heavy atom. The summed E-state index contributed by atoms with van der Waals surface area (Å²) in [6.07, 6.45) is 0. The van der Waals surface area contributed by atoms with Gasteiger partial charge in [-0.25, -0.2) is 0 Å². The normalized spacial score (nSPS) is 11.8. The van der Waals surface area contributed by atoms with E-state index >= 15 is 0 Å². The summed E-state index contributed by atoms with van der Waals surface area (Å²) in [6, 6.07) is 10.4. The molecule has 27 heavy (non-hydrogen) atoms. The number of Topliss-reactive ketones (excluding diaryl/α,β-unsaturated/α-hetero) is 1. The molecule has 142 valence electrons. The van der Waals surface area contributed by atoms with E-state index in [1.165, 1.54) is 14.0 Å². The van der Waals surface area contributed by atoms with Gasteiger partial charge in [0.25, 0.3) is 5.91 Å². The van der Waals surface area contributed by atoms with Gasteiger partial charge in [-0.1, -0.05) is 6.07 Å². The fraction of sp³-hybridized carbons (Fsp3) is 0.300. The average molecular weight is 371 g/mol. The number of benzene rings is 2. The average Bonchev–Trinajstić information content (AvgIpc) is 3.13. The lowest BCUT2D eigenvalue weighted by atomic mass is 10.1. The molecule has 2 aromatic rings. The Hall–Kier alpha value is -3.22. The zero-order valence-corrected chi connectivity index (χ0v) is 15.5. The summed E-state index contributed by atoms with van der Waals surface area (Å²) in [5.74, 6) is 1.95. The van der Waals surface area contributed by atoms with Crippen molar-refractivity contribution in [2.45, 2.75) is 13.5 Å². The number of carbonyl (C=O) groups excluding carboxylic acids is 2. The molecular formula is C20H21NO6. The maximum atomic E-state index is 12.4. The van der Waals surface area contributed by atoms with Crippen LogP contribution in [-0.2, 0) is 11.3 Å². The van der Waals surface area contributed by atoms with Gasteiger partial charge in [0.1, 0.15) is 0 Å². The molecule has 1 heterocycles. The van der Waals surface area contributed by atoms with E-state index in [-0.39, 0.29) is 25.1 Å². The molecule has 0 radical (unpaired) electrons. The molecule has 0 fully saturated rings. The molecule has 0 saturated heterocycles. The summed E-state index contributed by atoms with van der Waals surface area (Å²) < 4.78 is 21.5. The Balaban J connectivity index is 1.59. The van der Waals surface area contributed by atoms with Crippen molar-refractivity contribution in [2.24, 2.45) is 0 Å². The van der Waals surface area contributed by atoms with Gasteiger partial charge in [-0.2, -0.15) is 0 Å². The molecule has 1 aliphatic rings. The molecule has 0 spiro atoms. The minimum Gasteiger partial charge on any atom is -0.493 e. The van der Waals surface area contributed by atoms with E-state index in [0.29, 0.717) is 35.1 Å². The lowest BCUT2D eigenvalue weighted by molar-refractivity contribution is -0.132. The number of methoxy groups -OCH3 is 1.